The van der Waals surface area contributed by atoms with Gasteiger partial charge in [-0.15, -0.1) is 5.10 Å². The fraction of sp³-hybridized carbons (Fsp3) is 0.333. The van der Waals surface area contributed by atoms with E-state index in [2.05, 4.69) is 20.6 Å². The highest BCUT2D eigenvalue weighted by molar-refractivity contribution is 5.75. The summed E-state index contributed by atoms with van der Waals surface area (Å²) in [5.74, 6) is -0.128. The lowest BCUT2D eigenvalue weighted by Gasteiger charge is -2.07. The second kappa shape index (κ2) is 6.05. The quantitative estimate of drug-likeness (QED) is 0.772. The monoisotopic (exact) mass is 260 g/mol. The first-order valence-corrected chi connectivity index (χ1v) is 5.94. The van der Waals surface area contributed by atoms with E-state index in [4.69, 9.17) is 5.73 Å². The molecule has 2 heterocycles. The summed E-state index contributed by atoms with van der Waals surface area (Å²) < 4.78 is 1.47. The van der Waals surface area contributed by atoms with Gasteiger partial charge in [-0.3, -0.25) is 9.78 Å². The van der Waals surface area contributed by atoms with Crippen LogP contribution in [-0.2, 0) is 24.4 Å². The van der Waals surface area contributed by atoms with Crippen LogP contribution in [0.4, 0.5) is 0 Å². The van der Waals surface area contributed by atoms with Crippen molar-refractivity contribution >= 4 is 5.91 Å². The van der Waals surface area contributed by atoms with Gasteiger partial charge in [0.1, 0.15) is 6.54 Å². The van der Waals surface area contributed by atoms with E-state index in [9.17, 15) is 4.79 Å². The number of hydrogen-bond donors (Lipinski definition) is 2. The highest BCUT2D eigenvalue weighted by Gasteiger charge is 2.06. The predicted molar refractivity (Wildman–Crippen MR) is 68.7 cm³/mol. The molecule has 2 rings (SSSR count). The van der Waals surface area contributed by atoms with Gasteiger partial charge in [0.2, 0.25) is 5.91 Å². The van der Waals surface area contributed by atoms with Crippen LogP contribution < -0.4 is 11.1 Å². The molecule has 0 radical (unpaired) electrons. The summed E-state index contributed by atoms with van der Waals surface area (Å²) in [5.41, 5.74) is 8.18. The maximum Gasteiger partial charge on any atom is 0.242 e. The Morgan fingerprint density at radius 3 is 3.05 bits per heavy atom. The maximum absolute atomic E-state index is 11.7. The first-order chi connectivity index (χ1) is 9.19. The minimum Gasteiger partial charge on any atom is -0.350 e. The Hall–Kier alpha value is -2.28. The molecule has 0 saturated heterocycles. The molecule has 2 aromatic heterocycles. The van der Waals surface area contributed by atoms with Crippen molar-refractivity contribution in [3.63, 3.8) is 0 Å². The highest BCUT2D eigenvalue weighted by Crippen LogP contribution is 2.03. The molecular weight excluding hydrogens is 244 g/mol. The van der Waals surface area contributed by atoms with Gasteiger partial charge >= 0.3 is 0 Å². The number of carbonyl (C=O) groups excluding carboxylic acids is 1. The van der Waals surface area contributed by atoms with Crippen molar-refractivity contribution in [3.8, 4) is 0 Å². The Bertz CT molecular complexity index is 565. The molecule has 0 spiro atoms. The Labute approximate surface area is 110 Å². The van der Waals surface area contributed by atoms with Crippen molar-refractivity contribution in [3.05, 3.63) is 41.5 Å². The number of rotatable bonds is 5. The summed E-state index contributed by atoms with van der Waals surface area (Å²) >= 11 is 0. The van der Waals surface area contributed by atoms with E-state index in [1.807, 2.05) is 13.0 Å². The summed E-state index contributed by atoms with van der Waals surface area (Å²) in [6.07, 6.45) is 5.14. The number of nitrogens with zero attached hydrogens (tertiary/aromatic N) is 4. The number of hydrogen-bond acceptors (Lipinski definition) is 5. The number of aromatic nitrogens is 4. The van der Waals surface area contributed by atoms with Gasteiger partial charge in [0.15, 0.2) is 0 Å². The Kier molecular flexibility index (Phi) is 4.19. The molecule has 0 unspecified atom stereocenters. The smallest absolute Gasteiger partial charge is 0.242 e. The minimum absolute atomic E-state index is 0.128. The lowest BCUT2D eigenvalue weighted by atomic mass is 10.1. The van der Waals surface area contributed by atoms with Gasteiger partial charge in [-0.1, -0.05) is 5.21 Å². The van der Waals surface area contributed by atoms with Crippen LogP contribution in [0.3, 0.4) is 0 Å². The number of nitrogens with two attached hydrogens (primary N) is 1. The molecule has 7 heteroatoms. The van der Waals surface area contributed by atoms with Crippen molar-refractivity contribution < 1.29 is 4.79 Å². The van der Waals surface area contributed by atoms with Gasteiger partial charge < -0.3 is 11.1 Å². The lowest BCUT2D eigenvalue weighted by Crippen LogP contribution is -2.27. The molecule has 2 aromatic rings. The van der Waals surface area contributed by atoms with E-state index in [0.29, 0.717) is 18.8 Å². The number of nitrogens with one attached hydrogen (secondary N) is 1. The molecule has 0 aromatic carbocycles. The van der Waals surface area contributed by atoms with Crippen LogP contribution >= 0.6 is 0 Å². The molecule has 0 aliphatic rings. The van der Waals surface area contributed by atoms with Crippen molar-refractivity contribution in [1.29, 1.82) is 0 Å². The van der Waals surface area contributed by atoms with Crippen LogP contribution in [-0.4, -0.2) is 25.9 Å². The molecule has 0 aliphatic heterocycles. The second-order valence-corrected chi connectivity index (χ2v) is 4.19. The number of pyridine rings is 1. The lowest BCUT2D eigenvalue weighted by molar-refractivity contribution is -0.122. The van der Waals surface area contributed by atoms with E-state index in [1.54, 1.807) is 18.6 Å². The van der Waals surface area contributed by atoms with Crippen molar-refractivity contribution in [2.24, 2.45) is 5.73 Å². The molecule has 7 nitrogen and oxygen atoms in total. The molecular formula is C12H16N6O. The number of aryl methyl sites for hydroxylation is 1. The highest BCUT2D eigenvalue weighted by atomic mass is 16.2. The Morgan fingerprint density at radius 1 is 1.53 bits per heavy atom. The topological polar surface area (TPSA) is 98.7 Å². The molecule has 0 atom stereocenters. The van der Waals surface area contributed by atoms with Gasteiger partial charge in [0.05, 0.1) is 11.9 Å². The summed E-state index contributed by atoms with van der Waals surface area (Å²) in [6.45, 7) is 2.88. The average Bonchev–Trinajstić information content (AvgIpc) is 2.85. The zero-order chi connectivity index (χ0) is 13.7. The fourth-order valence-electron chi connectivity index (χ4n) is 1.59. The molecule has 19 heavy (non-hydrogen) atoms. The summed E-state index contributed by atoms with van der Waals surface area (Å²) in [6, 6.07) is 1.91. The van der Waals surface area contributed by atoms with E-state index in [1.165, 1.54) is 4.68 Å². The zero-order valence-corrected chi connectivity index (χ0v) is 10.7. The van der Waals surface area contributed by atoms with Gasteiger partial charge in [0, 0.05) is 25.5 Å². The predicted octanol–water partition coefficient (Wildman–Crippen LogP) is -0.243. The van der Waals surface area contributed by atoms with Crippen molar-refractivity contribution in [2.75, 3.05) is 0 Å². The van der Waals surface area contributed by atoms with Crippen LogP contribution in [0.1, 0.15) is 16.8 Å². The summed E-state index contributed by atoms with van der Waals surface area (Å²) in [7, 11) is 0. The first kappa shape index (κ1) is 13.2. The van der Waals surface area contributed by atoms with Crippen LogP contribution in [0.25, 0.3) is 0 Å². The molecule has 3 N–H and O–H groups in total. The molecule has 1 amide bonds. The fourth-order valence-corrected chi connectivity index (χ4v) is 1.59. The maximum atomic E-state index is 11.7. The van der Waals surface area contributed by atoms with Gasteiger partial charge in [-0.25, -0.2) is 4.68 Å². The minimum atomic E-state index is -0.128. The number of carbonyl (C=O) groups is 1. The Balaban J connectivity index is 1.86. The van der Waals surface area contributed by atoms with Crippen molar-refractivity contribution in [1.82, 2.24) is 25.3 Å². The largest absolute Gasteiger partial charge is 0.350 e. The first-order valence-electron chi connectivity index (χ1n) is 5.94. The Morgan fingerprint density at radius 2 is 2.37 bits per heavy atom. The third-order valence-corrected chi connectivity index (χ3v) is 2.72. The van der Waals surface area contributed by atoms with Gasteiger partial charge in [-0.2, -0.15) is 0 Å². The molecule has 0 bridgehead atoms. The average molecular weight is 260 g/mol. The number of amides is 1. The molecule has 0 aliphatic carbocycles. The third kappa shape index (κ3) is 3.59. The van der Waals surface area contributed by atoms with Crippen LogP contribution in [0.2, 0.25) is 0 Å². The van der Waals surface area contributed by atoms with E-state index in [-0.39, 0.29) is 12.5 Å². The van der Waals surface area contributed by atoms with Crippen LogP contribution in [0.15, 0.2) is 24.7 Å². The van der Waals surface area contributed by atoms with Crippen LogP contribution in [0.5, 0.6) is 0 Å². The van der Waals surface area contributed by atoms with Crippen LogP contribution in [0, 0.1) is 6.92 Å². The standard InChI is InChI=1S/C12H16N6O/c1-9-2-3-14-5-10(9)6-15-12(19)8-18-7-11(4-13)16-17-18/h2-3,5,7H,4,6,8,13H2,1H3,(H,15,19). The van der Waals surface area contributed by atoms with E-state index in [0.717, 1.165) is 11.1 Å². The van der Waals surface area contributed by atoms with Gasteiger partial charge in [-0.05, 0) is 24.1 Å². The second-order valence-electron chi connectivity index (χ2n) is 4.19. The SMILES string of the molecule is Cc1ccncc1CNC(=O)Cn1cc(CN)nn1. The van der Waals surface area contributed by atoms with E-state index < -0.39 is 0 Å². The summed E-state index contributed by atoms with van der Waals surface area (Å²) in [5, 5.41) is 10.4. The van der Waals surface area contributed by atoms with Gasteiger partial charge in [0.25, 0.3) is 0 Å². The molecule has 0 fully saturated rings. The summed E-state index contributed by atoms with van der Waals surface area (Å²) in [4.78, 5) is 15.8. The normalized spacial score (nSPS) is 10.4. The third-order valence-electron chi connectivity index (χ3n) is 2.72. The molecule has 0 saturated carbocycles. The van der Waals surface area contributed by atoms with E-state index >= 15 is 0 Å². The molecule has 100 valence electrons. The zero-order valence-electron chi connectivity index (χ0n) is 10.7. The van der Waals surface area contributed by atoms with Crippen molar-refractivity contribution in [2.45, 2.75) is 26.6 Å².